The second-order valence-corrected chi connectivity index (χ2v) is 7.45. The summed E-state index contributed by atoms with van der Waals surface area (Å²) in [4.78, 5) is 14.6. The molecular weight excluding hydrogens is 332 g/mol. The molecule has 4 heterocycles. The maximum absolute atomic E-state index is 12.2. The van der Waals surface area contributed by atoms with E-state index in [4.69, 9.17) is 4.74 Å². The van der Waals surface area contributed by atoms with Crippen LogP contribution in [0.4, 0.5) is 0 Å². The van der Waals surface area contributed by atoms with Crippen LogP contribution in [0, 0.1) is 5.92 Å². The summed E-state index contributed by atoms with van der Waals surface area (Å²) in [6.45, 7) is 4.33. The number of hydrogen-bond acceptors (Lipinski definition) is 5. The molecule has 26 heavy (non-hydrogen) atoms. The molecule has 0 unspecified atom stereocenters. The minimum Gasteiger partial charge on any atom is -0.372 e. The molecule has 0 radical (unpaired) electrons. The average molecular weight is 358 g/mol. The first-order valence-electron chi connectivity index (χ1n) is 9.16. The van der Waals surface area contributed by atoms with Crippen LogP contribution in [-0.4, -0.2) is 62.2 Å². The molecule has 8 heteroatoms. The molecule has 0 aliphatic carbocycles. The smallest absolute Gasteiger partial charge is 0.269 e. The third-order valence-corrected chi connectivity index (χ3v) is 5.58. The van der Waals surface area contributed by atoms with E-state index in [2.05, 4.69) is 26.6 Å². The van der Waals surface area contributed by atoms with Gasteiger partial charge in [0.15, 0.2) is 0 Å². The molecule has 2 aromatic heterocycles. The zero-order chi connectivity index (χ0) is 18.1. The molecule has 2 aliphatic rings. The van der Waals surface area contributed by atoms with Gasteiger partial charge in [-0.25, -0.2) is 0 Å². The molecule has 1 amide bonds. The molecule has 2 saturated heterocycles. The van der Waals surface area contributed by atoms with Gasteiger partial charge in [-0.1, -0.05) is 0 Å². The van der Waals surface area contributed by atoms with Crippen LogP contribution in [0.2, 0.25) is 0 Å². The number of carbonyl (C=O) groups excluding carboxylic acids is 1. The molecule has 1 atom stereocenters. The van der Waals surface area contributed by atoms with Crippen molar-refractivity contribution < 1.29 is 9.53 Å². The first kappa shape index (κ1) is 17.2. The van der Waals surface area contributed by atoms with Gasteiger partial charge in [-0.15, -0.1) is 0 Å². The summed E-state index contributed by atoms with van der Waals surface area (Å²) in [5.74, 6) is 0.435. The quantitative estimate of drug-likeness (QED) is 0.817. The third kappa shape index (κ3) is 3.26. The summed E-state index contributed by atoms with van der Waals surface area (Å²) in [6, 6.07) is 1.73. The van der Waals surface area contributed by atoms with Gasteiger partial charge in [0, 0.05) is 64.8 Å². The molecule has 140 valence electrons. The summed E-state index contributed by atoms with van der Waals surface area (Å²) in [6.07, 6.45) is 7.64. The van der Waals surface area contributed by atoms with Crippen LogP contribution >= 0.6 is 0 Å². The van der Waals surface area contributed by atoms with Gasteiger partial charge in [-0.3, -0.25) is 19.1 Å². The highest BCUT2D eigenvalue weighted by molar-refractivity contribution is 5.92. The Morgan fingerprint density at radius 2 is 2.23 bits per heavy atom. The van der Waals surface area contributed by atoms with Gasteiger partial charge in [0.1, 0.15) is 5.69 Å². The van der Waals surface area contributed by atoms with Gasteiger partial charge >= 0.3 is 0 Å². The lowest BCUT2D eigenvalue weighted by Gasteiger charge is -2.50. The number of aromatic nitrogens is 4. The number of amides is 1. The number of carbonyl (C=O) groups is 1. The van der Waals surface area contributed by atoms with Crippen LogP contribution in [0.3, 0.4) is 0 Å². The van der Waals surface area contributed by atoms with E-state index in [1.54, 1.807) is 24.0 Å². The fraction of sp³-hybridized carbons (Fsp3) is 0.611. The Kier molecular flexibility index (Phi) is 4.54. The van der Waals surface area contributed by atoms with Crippen molar-refractivity contribution in [1.29, 1.82) is 0 Å². The Morgan fingerprint density at radius 1 is 1.38 bits per heavy atom. The summed E-state index contributed by atoms with van der Waals surface area (Å²) >= 11 is 0. The van der Waals surface area contributed by atoms with Crippen molar-refractivity contribution in [3.05, 3.63) is 35.9 Å². The topological polar surface area (TPSA) is 77.2 Å². The maximum atomic E-state index is 12.2. The van der Waals surface area contributed by atoms with Gasteiger partial charge < -0.3 is 10.1 Å². The highest BCUT2D eigenvalue weighted by Gasteiger charge is 2.52. The van der Waals surface area contributed by atoms with E-state index in [1.165, 1.54) is 5.56 Å². The molecule has 0 saturated carbocycles. The van der Waals surface area contributed by atoms with E-state index >= 15 is 0 Å². The van der Waals surface area contributed by atoms with Crippen molar-refractivity contribution in [2.75, 3.05) is 26.2 Å². The molecule has 2 fully saturated rings. The minimum absolute atomic E-state index is 0.0283. The van der Waals surface area contributed by atoms with Crippen LogP contribution in [-0.2, 0) is 25.4 Å². The summed E-state index contributed by atoms with van der Waals surface area (Å²) in [7, 11) is 3.72. The highest BCUT2D eigenvalue weighted by atomic mass is 16.5. The largest absolute Gasteiger partial charge is 0.372 e. The van der Waals surface area contributed by atoms with E-state index in [0.29, 0.717) is 18.2 Å². The van der Waals surface area contributed by atoms with E-state index in [0.717, 1.165) is 39.1 Å². The van der Waals surface area contributed by atoms with Crippen LogP contribution in [0.5, 0.6) is 0 Å². The normalized spacial score (nSPS) is 21.8. The molecule has 8 nitrogen and oxygen atoms in total. The van der Waals surface area contributed by atoms with Crippen molar-refractivity contribution in [2.45, 2.75) is 25.0 Å². The number of rotatable bonds is 6. The van der Waals surface area contributed by atoms with Gasteiger partial charge in [0.25, 0.3) is 5.91 Å². The lowest BCUT2D eigenvalue weighted by Crippen LogP contribution is -2.64. The van der Waals surface area contributed by atoms with Crippen molar-refractivity contribution in [3.63, 3.8) is 0 Å². The second kappa shape index (κ2) is 6.85. The number of nitrogens with one attached hydrogen (secondary N) is 1. The second-order valence-electron chi connectivity index (χ2n) is 7.45. The standard InChI is InChI=1S/C18H26N6O2/c1-22-10-14(9-21-22)11-24-12-18(13-24)15(5-8-26-18)3-6-19-17(25)16-4-7-20-23(16)2/h4,7,9-10,15H,3,5-6,8,11-13H2,1-2H3,(H,19,25)/t15-/m0/s1. The number of aryl methyl sites for hydroxylation is 2. The lowest BCUT2D eigenvalue weighted by atomic mass is 9.79. The number of likely N-dealkylation sites (tertiary alicyclic amines) is 1. The van der Waals surface area contributed by atoms with E-state index in [9.17, 15) is 4.79 Å². The Bertz CT molecular complexity index is 776. The predicted molar refractivity (Wildman–Crippen MR) is 95.4 cm³/mol. The Morgan fingerprint density at radius 3 is 2.92 bits per heavy atom. The fourth-order valence-electron chi connectivity index (χ4n) is 4.22. The van der Waals surface area contributed by atoms with Crippen molar-refractivity contribution in [3.8, 4) is 0 Å². The number of hydrogen-bond donors (Lipinski definition) is 1. The molecular formula is C18H26N6O2. The van der Waals surface area contributed by atoms with Crippen molar-refractivity contribution in [1.82, 2.24) is 29.8 Å². The first-order valence-corrected chi connectivity index (χ1v) is 9.16. The molecule has 2 aliphatic heterocycles. The van der Waals surface area contributed by atoms with Crippen LogP contribution in [0.1, 0.15) is 28.9 Å². The molecule has 0 aromatic carbocycles. The fourth-order valence-corrected chi connectivity index (χ4v) is 4.22. The van der Waals surface area contributed by atoms with Crippen LogP contribution < -0.4 is 5.32 Å². The predicted octanol–water partition coefficient (Wildman–Crippen LogP) is 0.565. The SMILES string of the molecule is Cn1cc(CN2CC3(C2)OCC[C@@H]3CCNC(=O)c2ccnn2C)cn1. The van der Waals surface area contributed by atoms with Gasteiger partial charge in [-0.2, -0.15) is 10.2 Å². The van der Waals surface area contributed by atoms with Crippen LogP contribution in [0.25, 0.3) is 0 Å². The summed E-state index contributed by atoms with van der Waals surface area (Å²) in [5.41, 5.74) is 1.80. The Balaban J connectivity index is 1.25. The number of ether oxygens (including phenoxy) is 1. The van der Waals surface area contributed by atoms with Crippen LogP contribution in [0.15, 0.2) is 24.7 Å². The summed E-state index contributed by atoms with van der Waals surface area (Å²) in [5, 5.41) is 11.3. The minimum atomic E-state index is -0.0650. The van der Waals surface area contributed by atoms with E-state index < -0.39 is 0 Å². The summed E-state index contributed by atoms with van der Waals surface area (Å²) < 4.78 is 9.55. The van der Waals surface area contributed by atoms with E-state index in [-0.39, 0.29) is 11.5 Å². The zero-order valence-electron chi connectivity index (χ0n) is 15.4. The lowest BCUT2D eigenvalue weighted by molar-refractivity contribution is -0.136. The van der Waals surface area contributed by atoms with E-state index in [1.807, 2.05) is 17.9 Å². The number of nitrogens with zero attached hydrogens (tertiary/aromatic N) is 5. The third-order valence-electron chi connectivity index (χ3n) is 5.58. The maximum Gasteiger partial charge on any atom is 0.269 e. The van der Waals surface area contributed by atoms with Crippen molar-refractivity contribution >= 4 is 5.91 Å². The first-order chi connectivity index (χ1) is 12.6. The average Bonchev–Trinajstić information content (AvgIpc) is 3.28. The monoisotopic (exact) mass is 358 g/mol. The molecule has 4 rings (SSSR count). The molecule has 1 N–H and O–H groups in total. The van der Waals surface area contributed by atoms with Crippen molar-refractivity contribution in [2.24, 2.45) is 20.0 Å². The molecule has 0 bridgehead atoms. The Hall–Kier alpha value is -2.19. The highest BCUT2D eigenvalue weighted by Crippen LogP contribution is 2.41. The molecule has 2 aromatic rings. The van der Waals surface area contributed by atoms with Gasteiger partial charge in [0.05, 0.1) is 11.8 Å². The zero-order valence-corrected chi connectivity index (χ0v) is 15.4. The Labute approximate surface area is 153 Å². The van der Waals surface area contributed by atoms with Gasteiger partial charge in [-0.05, 0) is 24.8 Å². The molecule has 1 spiro atoms. The van der Waals surface area contributed by atoms with Gasteiger partial charge in [0.2, 0.25) is 0 Å².